The molecule has 0 saturated carbocycles. The average Bonchev–Trinajstić information content (AvgIpc) is 3.12. The molecule has 2 aliphatic rings. The van der Waals surface area contributed by atoms with Crippen LogP contribution >= 0.6 is 0 Å². The largest absolute Gasteiger partial charge is 0.342 e. The number of nitrogens with zero attached hydrogens (tertiary/aromatic N) is 3. The summed E-state index contributed by atoms with van der Waals surface area (Å²) >= 11 is 0. The van der Waals surface area contributed by atoms with Gasteiger partial charge in [-0.25, -0.2) is 8.78 Å². The molecule has 6 heteroatoms. The first-order valence-electron chi connectivity index (χ1n) is 10.5. The highest BCUT2D eigenvalue weighted by Gasteiger charge is 2.38. The fraction of sp³-hybridized carbons (Fsp3) is 0.522. The molecule has 1 amide bonds. The van der Waals surface area contributed by atoms with Crippen LogP contribution in [0.15, 0.2) is 24.3 Å². The standard InChI is InChI=1S/C23H27F2N3O/c1-13(2)15-7-8-16(23(29)28-10-9-14(3)12-28)22-17(15)11-20(26-27-22)21-18(24)5-4-6-19(21)25/h4-6,11,13-16H,7-10,12H2,1-3H3/t14-,15+,16?/m1/s1. The lowest BCUT2D eigenvalue weighted by atomic mass is 9.74. The van der Waals surface area contributed by atoms with E-state index in [0.717, 1.165) is 37.9 Å². The Kier molecular flexibility index (Phi) is 5.36. The van der Waals surface area contributed by atoms with Crippen molar-refractivity contribution in [3.05, 3.63) is 47.2 Å². The number of halogens is 2. The molecule has 1 aliphatic carbocycles. The Hall–Kier alpha value is -2.37. The predicted molar refractivity (Wildman–Crippen MR) is 107 cm³/mol. The summed E-state index contributed by atoms with van der Waals surface area (Å²) in [7, 11) is 0. The molecular weight excluding hydrogens is 372 g/mol. The number of likely N-dealkylation sites (tertiary alicyclic amines) is 1. The fourth-order valence-electron chi connectivity index (χ4n) is 4.78. The zero-order valence-electron chi connectivity index (χ0n) is 17.2. The molecule has 4 nitrogen and oxygen atoms in total. The maximum atomic E-state index is 14.3. The van der Waals surface area contributed by atoms with Crippen molar-refractivity contribution < 1.29 is 13.6 Å². The Morgan fingerprint density at radius 3 is 2.48 bits per heavy atom. The predicted octanol–water partition coefficient (Wildman–Crippen LogP) is 4.91. The summed E-state index contributed by atoms with van der Waals surface area (Å²) < 4.78 is 28.6. The van der Waals surface area contributed by atoms with Crippen molar-refractivity contribution in [2.24, 2.45) is 11.8 Å². The van der Waals surface area contributed by atoms with Gasteiger partial charge in [0.1, 0.15) is 11.6 Å². The van der Waals surface area contributed by atoms with Gasteiger partial charge in [-0.05, 0) is 60.8 Å². The zero-order valence-corrected chi connectivity index (χ0v) is 17.2. The summed E-state index contributed by atoms with van der Waals surface area (Å²) in [4.78, 5) is 15.1. The number of rotatable bonds is 3. The number of aromatic nitrogens is 2. The van der Waals surface area contributed by atoms with E-state index >= 15 is 0 Å². The molecule has 29 heavy (non-hydrogen) atoms. The van der Waals surface area contributed by atoms with Gasteiger partial charge in [0, 0.05) is 13.1 Å². The molecule has 0 spiro atoms. The first kappa shape index (κ1) is 19.9. The van der Waals surface area contributed by atoms with Crippen molar-refractivity contribution in [3.63, 3.8) is 0 Å². The van der Waals surface area contributed by atoms with Gasteiger partial charge in [0.15, 0.2) is 0 Å². The van der Waals surface area contributed by atoms with E-state index in [-0.39, 0.29) is 29.0 Å². The Morgan fingerprint density at radius 1 is 1.14 bits per heavy atom. The molecule has 0 N–H and O–H groups in total. The van der Waals surface area contributed by atoms with Gasteiger partial charge in [-0.15, -0.1) is 5.10 Å². The van der Waals surface area contributed by atoms with Gasteiger partial charge in [0.25, 0.3) is 0 Å². The zero-order chi connectivity index (χ0) is 20.7. The van der Waals surface area contributed by atoms with Crippen LogP contribution in [0.5, 0.6) is 0 Å². The van der Waals surface area contributed by atoms with Crippen LogP contribution in [0.25, 0.3) is 11.3 Å². The summed E-state index contributed by atoms with van der Waals surface area (Å²) in [6.07, 6.45) is 2.62. The first-order chi connectivity index (χ1) is 13.9. The highest BCUT2D eigenvalue weighted by molar-refractivity contribution is 5.84. The lowest BCUT2D eigenvalue weighted by Crippen LogP contribution is -2.36. The highest BCUT2D eigenvalue weighted by atomic mass is 19.1. The van der Waals surface area contributed by atoms with E-state index in [2.05, 4.69) is 31.0 Å². The highest BCUT2D eigenvalue weighted by Crippen LogP contribution is 2.43. The van der Waals surface area contributed by atoms with E-state index in [1.165, 1.54) is 18.2 Å². The summed E-state index contributed by atoms with van der Waals surface area (Å²) in [5.41, 5.74) is 1.62. The van der Waals surface area contributed by atoms with Crippen LogP contribution in [-0.4, -0.2) is 34.1 Å². The summed E-state index contributed by atoms with van der Waals surface area (Å²) in [5.74, 6) is -0.489. The molecule has 0 bridgehead atoms. The number of hydrogen-bond acceptors (Lipinski definition) is 3. The Labute approximate surface area is 170 Å². The lowest BCUT2D eigenvalue weighted by molar-refractivity contribution is -0.132. The number of carbonyl (C=O) groups is 1. The molecule has 3 atom stereocenters. The Bertz CT molecular complexity index is 910. The second kappa shape index (κ2) is 7.81. The minimum absolute atomic E-state index is 0.108. The average molecular weight is 399 g/mol. The van der Waals surface area contributed by atoms with Crippen molar-refractivity contribution in [2.75, 3.05) is 13.1 Å². The second-order valence-electron chi connectivity index (χ2n) is 8.83. The normalized spacial score (nSPS) is 24.1. The molecule has 1 aromatic heterocycles. The van der Waals surface area contributed by atoms with Gasteiger partial charge in [-0.2, -0.15) is 5.10 Å². The van der Waals surface area contributed by atoms with Gasteiger partial charge in [-0.1, -0.05) is 26.8 Å². The van der Waals surface area contributed by atoms with Crippen molar-refractivity contribution in [2.45, 2.75) is 51.9 Å². The van der Waals surface area contributed by atoms with E-state index in [4.69, 9.17) is 0 Å². The van der Waals surface area contributed by atoms with Crippen LogP contribution in [0.2, 0.25) is 0 Å². The van der Waals surface area contributed by atoms with E-state index in [9.17, 15) is 13.6 Å². The molecule has 1 unspecified atom stereocenters. The fourth-order valence-corrected chi connectivity index (χ4v) is 4.78. The quantitative estimate of drug-likeness (QED) is 0.737. The number of amides is 1. The first-order valence-corrected chi connectivity index (χ1v) is 10.5. The molecule has 2 heterocycles. The third-order valence-corrected chi connectivity index (χ3v) is 6.41. The SMILES string of the molecule is CC(C)[C@@H]1CCC(C(=O)N2CC[C@@H](C)C2)c2nnc(-c3c(F)cccc3F)cc21. The van der Waals surface area contributed by atoms with Crippen LogP contribution in [0.1, 0.15) is 63.1 Å². The van der Waals surface area contributed by atoms with Crippen molar-refractivity contribution in [3.8, 4) is 11.3 Å². The van der Waals surface area contributed by atoms with E-state index in [1.54, 1.807) is 6.07 Å². The number of hydrogen-bond donors (Lipinski definition) is 0. The maximum absolute atomic E-state index is 14.3. The molecule has 0 radical (unpaired) electrons. The van der Waals surface area contributed by atoms with Gasteiger partial charge in [-0.3, -0.25) is 4.79 Å². The summed E-state index contributed by atoms with van der Waals surface area (Å²) in [5, 5.41) is 8.52. The topological polar surface area (TPSA) is 46.1 Å². The third kappa shape index (κ3) is 3.65. The van der Waals surface area contributed by atoms with Crippen molar-refractivity contribution in [1.29, 1.82) is 0 Å². The van der Waals surface area contributed by atoms with Gasteiger partial charge in [0.2, 0.25) is 5.91 Å². The molecule has 154 valence electrons. The molecule has 2 aromatic rings. The lowest BCUT2D eigenvalue weighted by Gasteiger charge is -2.33. The monoisotopic (exact) mass is 399 g/mol. The molecule has 1 aliphatic heterocycles. The van der Waals surface area contributed by atoms with Crippen molar-refractivity contribution >= 4 is 5.91 Å². The number of benzene rings is 1. The van der Waals surface area contributed by atoms with Crippen LogP contribution in [0.4, 0.5) is 8.78 Å². The van der Waals surface area contributed by atoms with Crippen LogP contribution in [0.3, 0.4) is 0 Å². The van der Waals surface area contributed by atoms with Crippen molar-refractivity contribution in [1.82, 2.24) is 15.1 Å². The minimum Gasteiger partial charge on any atom is -0.342 e. The minimum atomic E-state index is -0.658. The Morgan fingerprint density at radius 2 is 1.86 bits per heavy atom. The third-order valence-electron chi connectivity index (χ3n) is 6.41. The van der Waals surface area contributed by atoms with Gasteiger partial charge < -0.3 is 4.90 Å². The van der Waals surface area contributed by atoms with E-state index < -0.39 is 11.6 Å². The number of fused-ring (bicyclic) bond motifs is 1. The molecule has 1 aromatic carbocycles. The van der Waals surface area contributed by atoms with Crippen LogP contribution in [-0.2, 0) is 4.79 Å². The summed E-state index contributed by atoms with van der Waals surface area (Å²) in [6.45, 7) is 7.98. The van der Waals surface area contributed by atoms with E-state index in [0.29, 0.717) is 17.5 Å². The second-order valence-corrected chi connectivity index (χ2v) is 8.83. The van der Waals surface area contributed by atoms with E-state index in [1.807, 2.05) is 4.90 Å². The molecule has 4 rings (SSSR count). The van der Waals surface area contributed by atoms with Crippen LogP contribution in [0, 0.1) is 23.5 Å². The van der Waals surface area contributed by atoms with Gasteiger partial charge in [0.05, 0.1) is 22.9 Å². The molecule has 1 fully saturated rings. The summed E-state index contributed by atoms with van der Waals surface area (Å²) in [6, 6.07) is 5.53. The van der Waals surface area contributed by atoms with Gasteiger partial charge >= 0.3 is 0 Å². The maximum Gasteiger partial charge on any atom is 0.231 e. The Balaban J connectivity index is 1.76. The number of carbonyl (C=O) groups excluding carboxylic acids is 1. The molecule has 1 saturated heterocycles. The smallest absolute Gasteiger partial charge is 0.231 e. The molecular formula is C23H27F2N3O. The van der Waals surface area contributed by atoms with Crippen LogP contribution < -0.4 is 0 Å².